The lowest BCUT2D eigenvalue weighted by atomic mass is 9.56. The molecular formula is C30H52F6O3Si2. The lowest BCUT2D eigenvalue weighted by molar-refractivity contribution is -0.340. The molecule has 2 unspecified atom stereocenters. The number of Topliss-reactive ketones (excluding diaryl/α,β-unsaturated/α-hetero) is 1. The molecule has 240 valence electrons. The van der Waals surface area contributed by atoms with Gasteiger partial charge in [0, 0.05) is 12.3 Å². The summed E-state index contributed by atoms with van der Waals surface area (Å²) in [6, 6.07) is 0. The molecule has 4 atom stereocenters. The molecule has 3 nitrogen and oxygen atoms in total. The second-order valence-electron chi connectivity index (χ2n) is 15.5. The molecule has 2 saturated carbocycles. The van der Waals surface area contributed by atoms with Gasteiger partial charge in [-0.1, -0.05) is 26.3 Å². The number of rotatable bonds is 12. The Morgan fingerprint density at radius 2 is 1.41 bits per heavy atom. The minimum atomic E-state index is -5.67. The van der Waals surface area contributed by atoms with Crippen molar-refractivity contribution in [3.8, 4) is 0 Å². The van der Waals surface area contributed by atoms with Crippen LogP contribution < -0.4 is 0 Å². The predicted molar refractivity (Wildman–Crippen MR) is 157 cm³/mol. The molecule has 2 aliphatic rings. The highest BCUT2D eigenvalue weighted by Gasteiger charge is 2.71. The lowest BCUT2D eigenvalue weighted by Crippen LogP contribution is -2.61. The minimum Gasteiger partial charge on any atom is -0.413 e. The van der Waals surface area contributed by atoms with E-state index >= 15 is 0 Å². The number of carbonyl (C=O) groups is 1. The summed E-state index contributed by atoms with van der Waals surface area (Å²) >= 11 is 0. The average molecular weight is 631 g/mol. The van der Waals surface area contributed by atoms with E-state index in [2.05, 4.69) is 26.6 Å². The van der Waals surface area contributed by atoms with E-state index in [4.69, 9.17) is 8.85 Å². The second-order valence-corrected chi connectivity index (χ2v) is 24.4. The highest BCUT2D eigenvalue weighted by molar-refractivity contribution is 6.70. The molecule has 2 fully saturated rings. The van der Waals surface area contributed by atoms with Gasteiger partial charge in [-0.3, -0.25) is 4.79 Å². The first kappa shape index (κ1) is 36.5. The molecule has 0 aliphatic heterocycles. The van der Waals surface area contributed by atoms with E-state index < -0.39 is 45.6 Å². The van der Waals surface area contributed by atoms with Crippen molar-refractivity contribution in [2.45, 2.75) is 148 Å². The number of hydrogen-bond donors (Lipinski definition) is 0. The monoisotopic (exact) mass is 630 g/mol. The molecule has 0 bridgehead atoms. The maximum Gasteiger partial charge on any atom is 0.429 e. The van der Waals surface area contributed by atoms with Crippen LogP contribution in [0.2, 0.25) is 39.3 Å². The number of carbonyl (C=O) groups excluding carboxylic acids is 1. The molecule has 2 rings (SSSR count). The van der Waals surface area contributed by atoms with Gasteiger partial charge in [0.05, 0.1) is 5.60 Å². The maximum atomic E-state index is 14.2. The number of halogens is 6. The van der Waals surface area contributed by atoms with Crippen LogP contribution in [0, 0.1) is 22.7 Å². The molecule has 0 spiro atoms. The molecule has 0 aromatic carbocycles. The number of alkyl halides is 6. The van der Waals surface area contributed by atoms with Gasteiger partial charge in [-0.05, 0) is 121 Å². The van der Waals surface area contributed by atoms with Crippen LogP contribution in [0.25, 0.3) is 0 Å². The highest BCUT2D eigenvalue weighted by atomic mass is 28.4. The molecule has 0 aromatic heterocycles. The summed E-state index contributed by atoms with van der Waals surface area (Å²) < 4.78 is 96.4. The van der Waals surface area contributed by atoms with Crippen molar-refractivity contribution in [3.05, 3.63) is 12.2 Å². The zero-order valence-corrected chi connectivity index (χ0v) is 28.7. The Morgan fingerprint density at radius 1 is 0.878 bits per heavy atom. The summed E-state index contributed by atoms with van der Waals surface area (Å²) in [5.74, 6) is 0.135. The normalized spacial score (nSPS) is 26.9. The van der Waals surface area contributed by atoms with Crippen LogP contribution in [0.15, 0.2) is 12.2 Å². The summed E-state index contributed by atoms with van der Waals surface area (Å²) in [4.78, 5) is 12.8. The van der Waals surface area contributed by atoms with Crippen molar-refractivity contribution in [2.24, 2.45) is 22.7 Å². The molecule has 0 amide bonds. The number of hydrogen-bond acceptors (Lipinski definition) is 3. The van der Waals surface area contributed by atoms with Gasteiger partial charge in [0.2, 0.25) is 0 Å². The molecular weight excluding hydrogens is 578 g/mol. The summed E-state index contributed by atoms with van der Waals surface area (Å²) in [7, 11) is -5.10. The fourth-order valence-corrected chi connectivity index (χ4v) is 10.8. The Labute approximate surface area is 245 Å². The third kappa shape index (κ3) is 8.72. The quantitative estimate of drug-likeness (QED) is 0.122. The van der Waals surface area contributed by atoms with Crippen molar-refractivity contribution >= 4 is 22.4 Å². The number of allylic oxidation sites excluding steroid dienone is 1. The molecule has 0 N–H and O–H groups in total. The van der Waals surface area contributed by atoms with Gasteiger partial charge in [0.15, 0.2) is 16.6 Å². The maximum absolute atomic E-state index is 14.2. The summed E-state index contributed by atoms with van der Waals surface area (Å²) in [5, 5.41) is 0. The number of fused-ring (bicyclic) bond motifs is 1. The van der Waals surface area contributed by atoms with Crippen LogP contribution in [0.3, 0.4) is 0 Å². The van der Waals surface area contributed by atoms with E-state index in [0.717, 1.165) is 38.2 Å². The average Bonchev–Trinajstić information content (AvgIpc) is 3.07. The van der Waals surface area contributed by atoms with Crippen LogP contribution in [0.5, 0.6) is 0 Å². The molecule has 0 saturated heterocycles. The topological polar surface area (TPSA) is 35.5 Å². The van der Waals surface area contributed by atoms with Crippen LogP contribution >= 0.6 is 0 Å². The highest BCUT2D eigenvalue weighted by Crippen LogP contribution is 2.62. The van der Waals surface area contributed by atoms with Gasteiger partial charge in [0.1, 0.15) is 5.78 Å². The fourth-order valence-electron chi connectivity index (χ4n) is 7.77. The molecule has 0 aromatic rings. The second kappa shape index (κ2) is 12.0. The van der Waals surface area contributed by atoms with Gasteiger partial charge >= 0.3 is 12.4 Å². The first-order valence-corrected chi connectivity index (χ1v) is 21.7. The van der Waals surface area contributed by atoms with Crippen molar-refractivity contribution < 1.29 is 40.0 Å². The van der Waals surface area contributed by atoms with E-state index in [-0.39, 0.29) is 35.5 Å². The molecule has 41 heavy (non-hydrogen) atoms. The first-order valence-electron chi connectivity index (χ1n) is 14.9. The van der Waals surface area contributed by atoms with Crippen molar-refractivity contribution in [1.29, 1.82) is 0 Å². The van der Waals surface area contributed by atoms with Crippen LogP contribution in [0.4, 0.5) is 26.3 Å². The Morgan fingerprint density at radius 3 is 1.90 bits per heavy atom. The Kier molecular flexibility index (Phi) is 10.7. The third-order valence-corrected chi connectivity index (χ3v) is 11.2. The van der Waals surface area contributed by atoms with E-state index in [1.165, 1.54) is 19.6 Å². The van der Waals surface area contributed by atoms with Gasteiger partial charge in [-0.25, -0.2) is 0 Å². The molecule has 0 heterocycles. The largest absolute Gasteiger partial charge is 0.429 e. The van der Waals surface area contributed by atoms with Crippen molar-refractivity contribution in [1.82, 2.24) is 0 Å². The predicted octanol–water partition coefficient (Wildman–Crippen LogP) is 10.2. The summed E-state index contributed by atoms with van der Waals surface area (Å²) in [6.07, 6.45) is -4.38. The molecule has 11 heteroatoms. The zero-order valence-electron chi connectivity index (χ0n) is 26.7. The van der Waals surface area contributed by atoms with Crippen LogP contribution in [0.1, 0.15) is 85.5 Å². The Balaban J connectivity index is 2.48. The van der Waals surface area contributed by atoms with Gasteiger partial charge < -0.3 is 8.85 Å². The number of ketones is 1. The van der Waals surface area contributed by atoms with Gasteiger partial charge in [-0.2, -0.15) is 26.3 Å². The van der Waals surface area contributed by atoms with Gasteiger partial charge in [-0.15, -0.1) is 0 Å². The third-order valence-electron chi connectivity index (χ3n) is 9.06. The SMILES string of the molecule is CC(C)(CCC[C@@](C)(C/C=C\C(O[Si](C)(C)C)(C(F)(F)F)C(F)(F)F)C1CCC2C(=O)CCC[C@@]21C)O[Si](C)(C)C. The first-order chi connectivity index (χ1) is 18.2. The van der Waals surface area contributed by atoms with Crippen molar-refractivity contribution in [3.63, 3.8) is 0 Å². The smallest absolute Gasteiger partial charge is 0.413 e. The van der Waals surface area contributed by atoms with E-state index in [9.17, 15) is 31.1 Å². The van der Waals surface area contributed by atoms with Crippen LogP contribution in [-0.4, -0.2) is 46.0 Å². The van der Waals surface area contributed by atoms with E-state index in [1.807, 2.05) is 20.8 Å². The lowest BCUT2D eigenvalue weighted by Gasteiger charge is -2.48. The van der Waals surface area contributed by atoms with Crippen LogP contribution in [-0.2, 0) is 13.6 Å². The fraction of sp³-hybridized carbons (Fsp3) is 0.900. The van der Waals surface area contributed by atoms with E-state index in [0.29, 0.717) is 19.3 Å². The summed E-state index contributed by atoms with van der Waals surface area (Å²) in [5.41, 5.74) is -5.67. The van der Waals surface area contributed by atoms with Crippen molar-refractivity contribution in [2.75, 3.05) is 0 Å². The van der Waals surface area contributed by atoms with E-state index in [1.54, 1.807) is 0 Å². The Hall–Kier alpha value is -0.656. The minimum absolute atomic E-state index is 0.000922. The van der Waals surface area contributed by atoms with Gasteiger partial charge in [0.25, 0.3) is 5.60 Å². The molecule has 2 aliphatic carbocycles. The summed E-state index contributed by atoms with van der Waals surface area (Å²) in [6.45, 7) is 18.5. The molecule has 0 radical (unpaired) electrons. The Bertz CT molecular complexity index is 934. The zero-order chi connectivity index (χ0) is 31.9. The standard InChI is InChI=1S/C30H52F6O3Si2/c1-25(2,38-40(5,6)7)17-12-18-26(3,24-16-15-22-23(37)14-11-20-27(22,24)4)19-13-21-28(29(31,32)33,30(34,35)36)39-41(8,9)10/h13,21-22,24H,11-12,14-20H2,1-10H3/b21-13-/t22?,24?,26-,27-/m0/s1.